The van der Waals surface area contributed by atoms with E-state index in [4.69, 9.17) is 0 Å². The minimum atomic E-state index is -0.458. The summed E-state index contributed by atoms with van der Waals surface area (Å²) in [4.78, 5) is 13.3. The molecule has 0 amide bonds. The molecule has 0 aromatic carbocycles. The van der Waals surface area contributed by atoms with Gasteiger partial charge in [0, 0.05) is 12.3 Å². The molecule has 0 bridgehead atoms. The van der Waals surface area contributed by atoms with Gasteiger partial charge in [-0.2, -0.15) is 0 Å². The molecule has 4 heteroatoms. The molecule has 0 saturated heterocycles. The van der Waals surface area contributed by atoms with Crippen LogP contribution in [0.2, 0.25) is 0 Å². The van der Waals surface area contributed by atoms with E-state index in [0.717, 1.165) is 5.56 Å². The van der Waals surface area contributed by atoms with Crippen LogP contribution in [-0.2, 0) is 0 Å². The first-order chi connectivity index (χ1) is 5.70. The van der Waals surface area contributed by atoms with Crippen LogP contribution >= 0.6 is 0 Å². The molecule has 0 N–H and O–H groups in total. The highest BCUT2D eigenvalue weighted by molar-refractivity contribution is 5.28. The first kappa shape index (κ1) is 10.6. The van der Waals surface area contributed by atoms with E-state index in [0.29, 0.717) is 0 Å². The maximum absolute atomic E-state index is 10.1. The average molecular weight is 168 g/mol. The van der Waals surface area contributed by atoms with E-state index < -0.39 is 4.92 Å². The molecule has 12 heavy (non-hydrogen) atoms. The summed E-state index contributed by atoms with van der Waals surface area (Å²) in [5.74, 6) is 0. The SMILES string of the molecule is CC.Cc1cncc([N+](=O)[O-])c1. The summed E-state index contributed by atoms with van der Waals surface area (Å²) in [6, 6.07) is 1.48. The fraction of sp³-hybridized carbons (Fsp3) is 0.375. The third-order valence-electron chi connectivity index (χ3n) is 1.07. The van der Waals surface area contributed by atoms with Gasteiger partial charge < -0.3 is 0 Å². The maximum atomic E-state index is 10.1. The van der Waals surface area contributed by atoms with E-state index in [1.165, 1.54) is 12.3 Å². The molecule has 0 aliphatic heterocycles. The van der Waals surface area contributed by atoms with E-state index in [2.05, 4.69) is 4.98 Å². The first-order valence-corrected chi connectivity index (χ1v) is 3.76. The normalized spacial score (nSPS) is 8.25. The van der Waals surface area contributed by atoms with E-state index in [1.807, 2.05) is 13.8 Å². The lowest BCUT2D eigenvalue weighted by Gasteiger charge is -1.89. The summed E-state index contributed by atoms with van der Waals surface area (Å²) in [5.41, 5.74) is 0.842. The number of pyridine rings is 1. The van der Waals surface area contributed by atoms with Crippen LogP contribution in [0.15, 0.2) is 18.5 Å². The molecule has 1 aromatic rings. The van der Waals surface area contributed by atoms with Crippen molar-refractivity contribution in [1.29, 1.82) is 0 Å². The molecule has 1 aromatic heterocycles. The molecule has 0 atom stereocenters. The molecular weight excluding hydrogens is 156 g/mol. The standard InChI is InChI=1S/C6H6N2O2.C2H6/c1-5-2-6(8(9)10)4-7-3-5;1-2/h2-4H,1H3;1-2H3. The third kappa shape index (κ3) is 3.09. The quantitative estimate of drug-likeness (QED) is 0.477. The predicted molar refractivity (Wildman–Crippen MR) is 47.0 cm³/mol. The maximum Gasteiger partial charge on any atom is 0.287 e. The fourth-order valence-corrected chi connectivity index (χ4v) is 0.639. The topological polar surface area (TPSA) is 56.0 Å². The van der Waals surface area contributed by atoms with Crippen molar-refractivity contribution in [2.75, 3.05) is 0 Å². The van der Waals surface area contributed by atoms with Crippen LogP contribution in [0.1, 0.15) is 19.4 Å². The Bertz CT molecular complexity index is 261. The summed E-state index contributed by atoms with van der Waals surface area (Å²) >= 11 is 0. The van der Waals surface area contributed by atoms with Gasteiger partial charge in [-0.05, 0) is 12.5 Å². The zero-order chi connectivity index (χ0) is 9.56. The Labute approximate surface area is 71.4 Å². The van der Waals surface area contributed by atoms with Crippen molar-refractivity contribution in [2.45, 2.75) is 20.8 Å². The minimum Gasteiger partial charge on any atom is -0.258 e. The van der Waals surface area contributed by atoms with Crippen molar-refractivity contribution in [1.82, 2.24) is 4.98 Å². The third-order valence-corrected chi connectivity index (χ3v) is 1.07. The van der Waals surface area contributed by atoms with Gasteiger partial charge in [0.05, 0.1) is 4.92 Å². The molecule has 0 aliphatic rings. The van der Waals surface area contributed by atoms with Gasteiger partial charge in [-0.15, -0.1) is 0 Å². The second-order valence-corrected chi connectivity index (χ2v) is 1.98. The van der Waals surface area contributed by atoms with Gasteiger partial charge in [-0.25, -0.2) is 0 Å². The summed E-state index contributed by atoms with van der Waals surface area (Å²) in [7, 11) is 0. The molecule has 0 fully saturated rings. The first-order valence-electron chi connectivity index (χ1n) is 3.76. The number of nitrogens with zero attached hydrogens (tertiary/aromatic N) is 2. The Morgan fingerprint density at radius 3 is 2.33 bits per heavy atom. The Morgan fingerprint density at radius 1 is 1.42 bits per heavy atom. The van der Waals surface area contributed by atoms with E-state index in [1.54, 1.807) is 13.1 Å². The average Bonchev–Trinajstić information content (AvgIpc) is 2.08. The van der Waals surface area contributed by atoms with Gasteiger partial charge in [0.2, 0.25) is 0 Å². The van der Waals surface area contributed by atoms with E-state index >= 15 is 0 Å². The van der Waals surface area contributed by atoms with Crippen molar-refractivity contribution >= 4 is 5.69 Å². The lowest BCUT2D eigenvalue weighted by molar-refractivity contribution is -0.385. The monoisotopic (exact) mass is 168 g/mol. The van der Waals surface area contributed by atoms with Crippen LogP contribution in [0, 0.1) is 17.0 Å². The molecule has 1 rings (SSSR count). The van der Waals surface area contributed by atoms with E-state index in [-0.39, 0.29) is 5.69 Å². The second-order valence-electron chi connectivity index (χ2n) is 1.98. The number of nitro groups is 1. The number of aryl methyl sites for hydroxylation is 1. The Morgan fingerprint density at radius 2 is 2.00 bits per heavy atom. The van der Waals surface area contributed by atoms with Crippen LogP contribution in [-0.4, -0.2) is 9.91 Å². The molecule has 66 valence electrons. The molecule has 0 saturated carbocycles. The van der Waals surface area contributed by atoms with Crippen LogP contribution in [0.3, 0.4) is 0 Å². The molecular formula is C8H12N2O2. The Kier molecular flexibility index (Phi) is 4.60. The van der Waals surface area contributed by atoms with Gasteiger partial charge in [-0.1, -0.05) is 13.8 Å². The lowest BCUT2D eigenvalue weighted by atomic mass is 10.3. The zero-order valence-electron chi connectivity index (χ0n) is 7.44. The molecule has 0 aliphatic carbocycles. The lowest BCUT2D eigenvalue weighted by Crippen LogP contribution is -1.88. The highest BCUT2D eigenvalue weighted by Gasteiger charge is 2.02. The van der Waals surface area contributed by atoms with Gasteiger partial charge in [-0.3, -0.25) is 15.1 Å². The minimum absolute atomic E-state index is 0.0417. The Hall–Kier alpha value is -1.45. The van der Waals surface area contributed by atoms with Crippen LogP contribution in [0.4, 0.5) is 5.69 Å². The van der Waals surface area contributed by atoms with Crippen LogP contribution in [0.5, 0.6) is 0 Å². The van der Waals surface area contributed by atoms with Gasteiger partial charge in [0.25, 0.3) is 5.69 Å². The van der Waals surface area contributed by atoms with Crippen molar-refractivity contribution in [3.05, 3.63) is 34.1 Å². The number of hydrogen-bond donors (Lipinski definition) is 0. The van der Waals surface area contributed by atoms with Crippen molar-refractivity contribution in [3.8, 4) is 0 Å². The molecule has 0 spiro atoms. The van der Waals surface area contributed by atoms with Gasteiger partial charge in [0.1, 0.15) is 6.20 Å². The number of hydrogen-bond acceptors (Lipinski definition) is 3. The summed E-state index contributed by atoms with van der Waals surface area (Å²) in [6.45, 7) is 5.76. The van der Waals surface area contributed by atoms with Gasteiger partial charge >= 0.3 is 0 Å². The van der Waals surface area contributed by atoms with E-state index in [9.17, 15) is 10.1 Å². The largest absolute Gasteiger partial charge is 0.287 e. The summed E-state index contributed by atoms with van der Waals surface area (Å²) in [5, 5.41) is 10.1. The van der Waals surface area contributed by atoms with Crippen molar-refractivity contribution in [2.24, 2.45) is 0 Å². The molecule has 0 radical (unpaired) electrons. The number of rotatable bonds is 1. The molecule has 4 nitrogen and oxygen atoms in total. The fourth-order valence-electron chi connectivity index (χ4n) is 0.639. The Balaban J connectivity index is 0.000000561. The highest BCUT2D eigenvalue weighted by Crippen LogP contribution is 2.08. The number of aromatic nitrogens is 1. The van der Waals surface area contributed by atoms with Crippen molar-refractivity contribution in [3.63, 3.8) is 0 Å². The highest BCUT2D eigenvalue weighted by atomic mass is 16.6. The smallest absolute Gasteiger partial charge is 0.258 e. The van der Waals surface area contributed by atoms with Crippen molar-refractivity contribution < 1.29 is 4.92 Å². The zero-order valence-corrected chi connectivity index (χ0v) is 7.44. The predicted octanol–water partition coefficient (Wildman–Crippen LogP) is 2.32. The van der Waals surface area contributed by atoms with Crippen LogP contribution < -0.4 is 0 Å². The molecule has 0 unspecified atom stereocenters. The molecule has 1 heterocycles. The van der Waals surface area contributed by atoms with Gasteiger partial charge in [0.15, 0.2) is 0 Å². The second kappa shape index (κ2) is 5.23. The summed E-state index contributed by atoms with van der Waals surface area (Å²) < 4.78 is 0. The van der Waals surface area contributed by atoms with Crippen LogP contribution in [0.25, 0.3) is 0 Å². The summed E-state index contributed by atoms with van der Waals surface area (Å²) in [6.07, 6.45) is 2.81.